The number of carbonyl (C=O) groups excluding carboxylic acids is 1. The first-order chi connectivity index (χ1) is 8.19. The van der Waals surface area contributed by atoms with E-state index in [1.165, 1.54) is 10.6 Å². The van der Waals surface area contributed by atoms with Gasteiger partial charge in [-0.05, 0) is 21.3 Å². The molecule has 1 aromatic heterocycles. The molecule has 0 radical (unpaired) electrons. The zero-order valence-corrected chi connectivity index (χ0v) is 12.5. The lowest BCUT2D eigenvalue weighted by Gasteiger charge is -2.18. The number of pyridine rings is 1. The Morgan fingerprint density at radius 3 is 2.67 bits per heavy atom. The molecule has 1 aromatic rings. The molecule has 1 N–H and O–H groups in total. The number of amides is 1. The van der Waals surface area contributed by atoms with Crippen LogP contribution in [0.2, 0.25) is 0 Å². The van der Waals surface area contributed by atoms with Crippen LogP contribution >= 0.6 is 15.9 Å². The van der Waals surface area contributed by atoms with E-state index in [2.05, 4.69) is 21.2 Å². The molecule has 0 bridgehead atoms. The van der Waals surface area contributed by atoms with Crippen LogP contribution in [0.25, 0.3) is 0 Å². The van der Waals surface area contributed by atoms with E-state index in [4.69, 9.17) is 4.74 Å². The highest BCUT2D eigenvalue weighted by Crippen LogP contribution is 2.22. The van der Waals surface area contributed by atoms with Crippen LogP contribution in [0.4, 0.5) is 4.79 Å². The standard InChI is InChI=1S/C12H17BrN2O3/c1-12(2,3)7-14-11(17)18-9-5-10(16)15(4)6-8(9)13/h5-6H,7H2,1-4H3,(H,14,17). The summed E-state index contributed by atoms with van der Waals surface area (Å²) in [4.78, 5) is 23.0. The van der Waals surface area contributed by atoms with Crippen molar-refractivity contribution in [2.75, 3.05) is 6.54 Å². The molecule has 100 valence electrons. The monoisotopic (exact) mass is 316 g/mol. The normalized spacial score (nSPS) is 11.2. The van der Waals surface area contributed by atoms with Crippen LogP contribution in [-0.4, -0.2) is 17.2 Å². The lowest BCUT2D eigenvalue weighted by atomic mass is 9.97. The summed E-state index contributed by atoms with van der Waals surface area (Å²) >= 11 is 3.24. The summed E-state index contributed by atoms with van der Waals surface area (Å²) < 4.78 is 7.01. The number of hydrogen-bond donors (Lipinski definition) is 1. The van der Waals surface area contributed by atoms with Crippen LogP contribution in [0.1, 0.15) is 20.8 Å². The van der Waals surface area contributed by atoms with Crippen molar-refractivity contribution < 1.29 is 9.53 Å². The van der Waals surface area contributed by atoms with Crippen molar-refractivity contribution in [3.8, 4) is 5.75 Å². The Labute approximate surface area is 114 Å². The molecule has 5 nitrogen and oxygen atoms in total. The van der Waals surface area contributed by atoms with Crippen molar-refractivity contribution >= 4 is 22.0 Å². The number of rotatable bonds is 2. The van der Waals surface area contributed by atoms with Gasteiger partial charge in [0.15, 0.2) is 5.75 Å². The molecule has 0 aliphatic heterocycles. The second kappa shape index (κ2) is 5.56. The maximum absolute atomic E-state index is 11.5. The quantitative estimate of drug-likeness (QED) is 0.910. The van der Waals surface area contributed by atoms with Gasteiger partial charge >= 0.3 is 6.09 Å². The fourth-order valence-corrected chi connectivity index (χ4v) is 1.63. The van der Waals surface area contributed by atoms with Gasteiger partial charge in [-0.2, -0.15) is 0 Å². The van der Waals surface area contributed by atoms with Crippen molar-refractivity contribution in [3.05, 3.63) is 27.1 Å². The van der Waals surface area contributed by atoms with Crippen molar-refractivity contribution in [3.63, 3.8) is 0 Å². The van der Waals surface area contributed by atoms with E-state index in [1.54, 1.807) is 13.2 Å². The van der Waals surface area contributed by atoms with Crippen molar-refractivity contribution in [2.45, 2.75) is 20.8 Å². The molecule has 1 heterocycles. The minimum absolute atomic E-state index is 0.0247. The highest BCUT2D eigenvalue weighted by molar-refractivity contribution is 9.10. The van der Waals surface area contributed by atoms with Gasteiger partial charge in [-0.1, -0.05) is 20.8 Å². The Bertz CT molecular complexity index is 503. The van der Waals surface area contributed by atoms with Crippen molar-refractivity contribution in [1.29, 1.82) is 0 Å². The lowest BCUT2D eigenvalue weighted by molar-refractivity contribution is 0.195. The molecule has 0 aromatic carbocycles. The number of nitrogens with one attached hydrogen (secondary N) is 1. The molecule has 0 atom stereocenters. The molecule has 0 fully saturated rings. The summed E-state index contributed by atoms with van der Waals surface area (Å²) in [6, 6.07) is 1.26. The van der Waals surface area contributed by atoms with Gasteiger partial charge in [0.25, 0.3) is 5.56 Å². The average molecular weight is 317 g/mol. The molecule has 0 unspecified atom stereocenters. The van der Waals surface area contributed by atoms with E-state index in [-0.39, 0.29) is 16.7 Å². The van der Waals surface area contributed by atoms with Crippen molar-refractivity contribution in [1.82, 2.24) is 9.88 Å². The molecule has 0 saturated carbocycles. The maximum Gasteiger partial charge on any atom is 0.412 e. The summed E-state index contributed by atoms with van der Waals surface area (Å²) in [6.45, 7) is 6.50. The first kappa shape index (κ1) is 14.8. The largest absolute Gasteiger partial charge is 0.412 e. The van der Waals surface area contributed by atoms with E-state index >= 15 is 0 Å². The van der Waals surface area contributed by atoms with E-state index in [1.807, 2.05) is 20.8 Å². The van der Waals surface area contributed by atoms with E-state index in [0.717, 1.165) is 0 Å². The molecule has 0 aliphatic carbocycles. The first-order valence-electron chi connectivity index (χ1n) is 5.51. The minimum atomic E-state index is -0.570. The fraction of sp³-hybridized carbons (Fsp3) is 0.500. The molecule has 0 spiro atoms. The van der Waals surface area contributed by atoms with Gasteiger partial charge in [-0.15, -0.1) is 0 Å². The Balaban J connectivity index is 2.71. The van der Waals surface area contributed by atoms with Crippen LogP contribution < -0.4 is 15.6 Å². The Morgan fingerprint density at radius 1 is 1.50 bits per heavy atom. The molecule has 0 saturated heterocycles. The van der Waals surface area contributed by atoms with Crippen LogP contribution in [-0.2, 0) is 7.05 Å². The number of hydrogen-bond acceptors (Lipinski definition) is 3. The SMILES string of the molecule is Cn1cc(Br)c(OC(=O)NCC(C)(C)C)cc1=O. The third-order valence-electron chi connectivity index (χ3n) is 2.11. The number of aryl methyl sites for hydroxylation is 1. The number of halogens is 1. The molecule has 1 rings (SSSR count). The van der Waals surface area contributed by atoms with Crippen molar-refractivity contribution in [2.24, 2.45) is 12.5 Å². The van der Waals surface area contributed by atoms with E-state index in [0.29, 0.717) is 11.0 Å². The first-order valence-corrected chi connectivity index (χ1v) is 6.30. The van der Waals surface area contributed by atoms with Crippen LogP contribution in [0.3, 0.4) is 0 Å². The van der Waals surface area contributed by atoms with E-state index in [9.17, 15) is 9.59 Å². The number of ether oxygens (including phenoxy) is 1. The Kier molecular flexibility index (Phi) is 4.56. The van der Waals surface area contributed by atoms with Gasteiger partial charge < -0.3 is 14.6 Å². The van der Waals surface area contributed by atoms with Gasteiger partial charge in [-0.3, -0.25) is 4.79 Å². The highest BCUT2D eigenvalue weighted by atomic mass is 79.9. The topological polar surface area (TPSA) is 60.3 Å². The Morgan fingerprint density at radius 2 is 2.11 bits per heavy atom. The minimum Gasteiger partial charge on any atom is -0.409 e. The van der Waals surface area contributed by atoms with Crippen LogP contribution in [0.15, 0.2) is 21.5 Å². The zero-order chi connectivity index (χ0) is 13.9. The van der Waals surface area contributed by atoms with E-state index < -0.39 is 6.09 Å². The van der Waals surface area contributed by atoms with Gasteiger partial charge in [0.1, 0.15) is 0 Å². The third kappa shape index (κ3) is 4.52. The predicted octanol–water partition coefficient (Wildman–Crippen LogP) is 2.28. The maximum atomic E-state index is 11.5. The molecule has 6 heteroatoms. The lowest BCUT2D eigenvalue weighted by Crippen LogP contribution is -2.34. The van der Waals surface area contributed by atoms with Gasteiger partial charge in [0.2, 0.25) is 0 Å². The summed E-state index contributed by atoms with van der Waals surface area (Å²) in [5, 5.41) is 2.64. The summed E-state index contributed by atoms with van der Waals surface area (Å²) in [5.41, 5.74) is -0.264. The number of aromatic nitrogens is 1. The van der Waals surface area contributed by atoms with Crippen LogP contribution in [0.5, 0.6) is 5.75 Å². The summed E-state index contributed by atoms with van der Waals surface area (Å²) in [5.74, 6) is 0.213. The van der Waals surface area contributed by atoms with Gasteiger partial charge in [0.05, 0.1) is 4.47 Å². The summed E-state index contributed by atoms with van der Waals surface area (Å²) in [6.07, 6.45) is 0.980. The predicted molar refractivity (Wildman–Crippen MR) is 72.9 cm³/mol. The average Bonchev–Trinajstić information content (AvgIpc) is 2.22. The fourth-order valence-electron chi connectivity index (χ4n) is 1.13. The second-order valence-corrected chi connectivity index (χ2v) is 6.09. The highest BCUT2D eigenvalue weighted by Gasteiger charge is 2.14. The second-order valence-electron chi connectivity index (χ2n) is 5.24. The number of carbonyl (C=O) groups is 1. The van der Waals surface area contributed by atoms with Crippen LogP contribution in [0, 0.1) is 5.41 Å². The Hall–Kier alpha value is -1.30. The third-order valence-corrected chi connectivity index (χ3v) is 2.71. The van der Waals surface area contributed by atoms with Gasteiger partial charge in [-0.25, -0.2) is 4.79 Å². The zero-order valence-electron chi connectivity index (χ0n) is 10.9. The number of nitrogens with zero attached hydrogens (tertiary/aromatic N) is 1. The molecule has 18 heavy (non-hydrogen) atoms. The molecule has 0 aliphatic rings. The smallest absolute Gasteiger partial charge is 0.409 e. The van der Waals surface area contributed by atoms with Gasteiger partial charge in [0, 0.05) is 25.9 Å². The molecular formula is C12H17BrN2O3. The molecular weight excluding hydrogens is 300 g/mol. The summed E-state index contributed by atoms with van der Waals surface area (Å²) in [7, 11) is 1.62. The molecule has 1 amide bonds.